The number of carboxylic acid groups (broad SMARTS) is 1. The van der Waals surface area contributed by atoms with Crippen LogP contribution in [0.1, 0.15) is 12.8 Å². The minimum atomic E-state index is -5.08. The summed E-state index contributed by atoms with van der Waals surface area (Å²) in [5.41, 5.74) is 1.13. The molecule has 5 heterocycles. The molecule has 0 aromatic carbocycles. The quantitative estimate of drug-likeness (QED) is 0.519. The van der Waals surface area contributed by atoms with Crippen LogP contribution >= 0.6 is 11.3 Å². The fraction of sp³-hybridized carbons (Fsp3) is 0.429. The van der Waals surface area contributed by atoms with Crippen LogP contribution in [0.2, 0.25) is 0 Å². The van der Waals surface area contributed by atoms with Crippen molar-refractivity contribution in [1.82, 2.24) is 20.3 Å². The average molecular weight is 482 g/mol. The standard InChI is InChI=1S/C19H21N5OS.C2HF3O2/c1-2-6-21-15(3-1)17-23-16(14-4-8-26-18(14)24-17)22-10-13-9-19(12-25-13)5-7-20-11-19;3-2(4,5)1(6)7/h1-4,6,8,13,20H,5,7,9-12H2,(H,22,23,24);(H,6,7). The summed E-state index contributed by atoms with van der Waals surface area (Å²) in [6.07, 6.45) is -0.753. The first-order valence-corrected chi connectivity index (χ1v) is 11.2. The van der Waals surface area contributed by atoms with E-state index >= 15 is 0 Å². The lowest BCUT2D eigenvalue weighted by Gasteiger charge is -2.19. The van der Waals surface area contributed by atoms with Crippen molar-refractivity contribution in [3.8, 4) is 11.5 Å². The molecule has 0 radical (unpaired) electrons. The highest BCUT2D eigenvalue weighted by Gasteiger charge is 2.42. The van der Waals surface area contributed by atoms with E-state index < -0.39 is 12.1 Å². The number of pyridine rings is 1. The maximum absolute atomic E-state index is 10.6. The van der Waals surface area contributed by atoms with Crippen molar-refractivity contribution in [2.24, 2.45) is 5.41 Å². The Bertz CT molecular complexity index is 1100. The Balaban J connectivity index is 0.000000325. The van der Waals surface area contributed by atoms with Crippen LogP contribution < -0.4 is 10.6 Å². The van der Waals surface area contributed by atoms with Crippen LogP contribution in [0.15, 0.2) is 35.8 Å². The van der Waals surface area contributed by atoms with Crippen molar-refractivity contribution in [1.29, 1.82) is 0 Å². The highest BCUT2D eigenvalue weighted by Crippen LogP contribution is 2.38. The number of rotatable bonds is 4. The summed E-state index contributed by atoms with van der Waals surface area (Å²) in [5, 5.41) is 17.2. The molecule has 2 unspecified atom stereocenters. The van der Waals surface area contributed by atoms with Crippen molar-refractivity contribution in [3.05, 3.63) is 35.8 Å². The van der Waals surface area contributed by atoms with E-state index in [-0.39, 0.29) is 6.10 Å². The summed E-state index contributed by atoms with van der Waals surface area (Å²) in [7, 11) is 0. The molecule has 0 saturated carbocycles. The predicted molar refractivity (Wildman–Crippen MR) is 117 cm³/mol. The number of anilines is 1. The molecular weight excluding hydrogens is 459 g/mol. The van der Waals surface area contributed by atoms with E-state index in [2.05, 4.69) is 32.0 Å². The van der Waals surface area contributed by atoms with Gasteiger partial charge in [0, 0.05) is 24.7 Å². The smallest absolute Gasteiger partial charge is 0.475 e. The number of hydrogen-bond acceptors (Lipinski definition) is 8. The van der Waals surface area contributed by atoms with Gasteiger partial charge in [-0.2, -0.15) is 13.2 Å². The normalized spacial score (nSPS) is 22.3. The first-order valence-electron chi connectivity index (χ1n) is 10.3. The molecule has 2 fully saturated rings. The molecule has 2 aliphatic heterocycles. The number of thiophene rings is 1. The van der Waals surface area contributed by atoms with Gasteiger partial charge in [-0.3, -0.25) is 4.98 Å². The third-order valence-electron chi connectivity index (χ3n) is 5.58. The molecule has 3 N–H and O–H groups in total. The molecule has 0 aliphatic carbocycles. The molecule has 2 atom stereocenters. The number of aliphatic carboxylic acids is 1. The predicted octanol–water partition coefficient (Wildman–Crippen LogP) is 3.57. The van der Waals surface area contributed by atoms with Crippen molar-refractivity contribution < 1.29 is 27.8 Å². The van der Waals surface area contributed by atoms with Crippen molar-refractivity contribution in [2.45, 2.75) is 25.1 Å². The number of alkyl halides is 3. The van der Waals surface area contributed by atoms with Gasteiger partial charge in [-0.1, -0.05) is 6.07 Å². The molecule has 0 amide bonds. The first kappa shape index (κ1) is 23.3. The van der Waals surface area contributed by atoms with Gasteiger partial charge in [0.15, 0.2) is 5.82 Å². The van der Waals surface area contributed by atoms with E-state index in [1.165, 1.54) is 6.42 Å². The molecule has 1 spiro atoms. The van der Waals surface area contributed by atoms with Crippen LogP contribution in [0.25, 0.3) is 21.7 Å². The number of aromatic nitrogens is 3. The molecule has 8 nitrogen and oxygen atoms in total. The van der Waals surface area contributed by atoms with Crippen LogP contribution in [0, 0.1) is 5.41 Å². The molecular formula is C21H22F3N5O3S. The molecule has 33 heavy (non-hydrogen) atoms. The zero-order chi connectivity index (χ0) is 23.5. The summed E-state index contributed by atoms with van der Waals surface area (Å²) < 4.78 is 37.8. The van der Waals surface area contributed by atoms with Gasteiger partial charge < -0.3 is 20.5 Å². The van der Waals surface area contributed by atoms with E-state index in [4.69, 9.17) is 19.6 Å². The van der Waals surface area contributed by atoms with E-state index in [9.17, 15) is 13.2 Å². The molecule has 0 bridgehead atoms. The van der Waals surface area contributed by atoms with Gasteiger partial charge in [0.1, 0.15) is 16.3 Å². The topological polar surface area (TPSA) is 109 Å². The van der Waals surface area contributed by atoms with E-state index in [0.717, 1.165) is 54.4 Å². The van der Waals surface area contributed by atoms with Gasteiger partial charge in [-0.25, -0.2) is 14.8 Å². The van der Waals surface area contributed by atoms with Crippen LogP contribution in [-0.4, -0.2) is 64.5 Å². The molecule has 2 saturated heterocycles. The minimum absolute atomic E-state index is 0.233. The second kappa shape index (κ2) is 9.57. The summed E-state index contributed by atoms with van der Waals surface area (Å²) >= 11 is 1.63. The fourth-order valence-electron chi connectivity index (χ4n) is 3.93. The second-order valence-corrected chi connectivity index (χ2v) is 8.89. The van der Waals surface area contributed by atoms with Gasteiger partial charge in [0.25, 0.3) is 0 Å². The van der Waals surface area contributed by atoms with Crippen molar-refractivity contribution in [3.63, 3.8) is 0 Å². The number of nitrogens with one attached hydrogen (secondary N) is 2. The van der Waals surface area contributed by atoms with Gasteiger partial charge >= 0.3 is 12.1 Å². The Hall–Kier alpha value is -2.83. The van der Waals surface area contributed by atoms with Crippen LogP contribution in [0.3, 0.4) is 0 Å². The Morgan fingerprint density at radius 2 is 2.15 bits per heavy atom. The maximum atomic E-state index is 10.6. The zero-order valence-corrected chi connectivity index (χ0v) is 18.2. The number of carbonyl (C=O) groups is 1. The molecule has 3 aromatic heterocycles. The maximum Gasteiger partial charge on any atom is 0.490 e. The minimum Gasteiger partial charge on any atom is -0.475 e. The number of carboxylic acids is 1. The summed E-state index contributed by atoms with van der Waals surface area (Å²) in [4.78, 5) is 23.7. The molecule has 2 aliphatic rings. The molecule has 5 rings (SSSR count). The lowest BCUT2D eigenvalue weighted by atomic mass is 9.85. The monoisotopic (exact) mass is 481 g/mol. The summed E-state index contributed by atoms with van der Waals surface area (Å²) in [6.45, 7) is 3.82. The lowest BCUT2D eigenvalue weighted by molar-refractivity contribution is -0.192. The SMILES string of the molecule is O=C(O)C(F)(F)F.c1ccc(-c2nc(NCC3CC4(CCNC4)CO3)c3ccsc3n2)nc1. The van der Waals surface area contributed by atoms with E-state index in [0.29, 0.717) is 11.2 Å². The Labute approximate surface area is 191 Å². The second-order valence-electron chi connectivity index (χ2n) is 8.00. The Kier molecular flexibility index (Phi) is 6.77. The van der Waals surface area contributed by atoms with Crippen LogP contribution in [0.4, 0.5) is 19.0 Å². The Morgan fingerprint density at radius 3 is 2.82 bits per heavy atom. The zero-order valence-electron chi connectivity index (χ0n) is 17.4. The first-order chi connectivity index (χ1) is 15.8. The number of nitrogens with zero attached hydrogens (tertiary/aromatic N) is 3. The van der Waals surface area contributed by atoms with Crippen LogP contribution in [0.5, 0.6) is 0 Å². The number of hydrogen-bond donors (Lipinski definition) is 3. The van der Waals surface area contributed by atoms with Crippen LogP contribution in [-0.2, 0) is 9.53 Å². The Morgan fingerprint density at radius 1 is 1.33 bits per heavy atom. The largest absolute Gasteiger partial charge is 0.490 e. The van der Waals surface area contributed by atoms with Gasteiger partial charge in [-0.05, 0) is 43.0 Å². The van der Waals surface area contributed by atoms with Crippen molar-refractivity contribution >= 4 is 33.3 Å². The number of fused-ring (bicyclic) bond motifs is 1. The van der Waals surface area contributed by atoms with Gasteiger partial charge in [0.05, 0.1) is 18.1 Å². The number of ether oxygens (including phenoxy) is 1. The third-order valence-corrected chi connectivity index (χ3v) is 6.38. The summed E-state index contributed by atoms with van der Waals surface area (Å²) in [6, 6.07) is 7.87. The third kappa shape index (κ3) is 5.57. The summed E-state index contributed by atoms with van der Waals surface area (Å²) in [5.74, 6) is -1.23. The lowest BCUT2D eigenvalue weighted by Crippen LogP contribution is -2.25. The highest BCUT2D eigenvalue weighted by atomic mass is 32.1. The van der Waals surface area contributed by atoms with Crippen molar-refractivity contribution in [2.75, 3.05) is 31.6 Å². The van der Waals surface area contributed by atoms with E-state index in [1.807, 2.05) is 18.2 Å². The average Bonchev–Trinajstić information content (AvgIpc) is 3.54. The van der Waals surface area contributed by atoms with Gasteiger partial charge in [-0.15, -0.1) is 11.3 Å². The molecule has 176 valence electrons. The highest BCUT2D eigenvalue weighted by molar-refractivity contribution is 7.16. The fourth-order valence-corrected chi connectivity index (χ4v) is 4.69. The molecule has 3 aromatic rings. The number of halogens is 3. The van der Waals surface area contributed by atoms with E-state index in [1.54, 1.807) is 17.5 Å². The molecule has 12 heteroatoms. The van der Waals surface area contributed by atoms with Gasteiger partial charge in [0.2, 0.25) is 0 Å².